The Labute approximate surface area is 113 Å². The molecule has 0 radical (unpaired) electrons. The molecule has 2 aromatic rings. The van der Waals surface area contributed by atoms with Crippen LogP contribution in [0.3, 0.4) is 0 Å². The minimum Gasteiger partial charge on any atom is -0.334 e. The number of nitro groups is 1. The van der Waals surface area contributed by atoms with Gasteiger partial charge < -0.3 is 10.3 Å². The summed E-state index contributed by atoms with van der Waals surface area (Å²) in [6, 6.07) is 3.07. The molecule has 20 heavy (non-hydrogen) atoms. The fraction of sp³-hybridized carbons (Fsp3) is 0.333. The van der Waals surface area contributed by atoms with E-state index < -0.39 is 16.3 Å². The van der Waals surface area contributed by atoms with Crippen LogP contribution >= 0.6 is 0 Å². The Balaban J connectivity index is 2.45. The smallest absolute Gasteiger partial charge is 0.273 e. The zero-order chi connectivity index (χ0) is 14.9. The fourth-order valence-electron chi connectivity index (χ4n) is 1.53. The molecule has 2 rings (SSSR count). The molecule has 2 N–H and O–H groups in total. The van der Waals surface area contributed by atoms with Crippen LogP contribution in [-0.2, 0) is 5.54 Å². The Morgan fingerprint density at radius 2 is 2.20 bits per heavy atom. The number of halogens is 1. The number of nitro benzene ring substituents is 1. The maximum absolute atomic E-state index is 13.4. The number of rotatable bonds is 4. The Hall–Kier alpha value is -2.35. The number of hydrogen-bond donors (Lipinski definition) is 1. The van der Waals surface area contributed by atoms with Crippen molar-refractivity contribution in [2.24, 2.45) is 5.73 Å². The van der Waals surface area contributed by atoms with Gasteiger partial charge in [-0.05, 0) is 19.4 Å². The Bertz CT molecular complexity index is 654. The van der Waals surface area contributed by atoms with Gasteiger partial charge in [0, 0.05) is 11.6 Å². The van der Waals surface area contributed by atoms with Crippen molar-refractivity contribution < 1.29 is 13.8 Å². The zero-order valence-corrected chi connectivity index (χ0v) is 11.0. The quantitative estimate of drug-likeness (QED) is 0.680. The Morgan fingerprint density at radius 1 is 1.50 bits per heavy atom. The van der Waals surface area contributed by atoms with Crippen molar-refractivity contribution >= 4 is 5.69 Å². The van der Waals surface area contributed by atoms with Gasteiger partial charge in [0.15, 0.2) is 5.82 Å². The van der Waals surface area contributed by atoms with Gasteiger partial charge in [0.2, 0.25) is 0 Å². The van der Waals surface area contributed by atoms with E-state index >= 15 is 0 Å². The van der Waals surface area contributed by atoms with Gasteiger partial charge >= 0.3 is 0 Å². The van der Waals surface area contributed by atoms with Crippen LogP contribution in [-0.4, -0.2) is 15.1 Å². The third-order valence-corrected chi connectivity index (χ3v) is 3.01. The molecule has 0 bridgehead atoms. The average Bonchev–Trinajstić information content (AvgIpc) is 2.88. The van der Waals surface area contributed by atoms with Gasteiger partial charge in [-0.15, -0.1) is 0 Å². The third kappa shape index (κ3) is 2.64. The van der Waals surface area contributed by atoms with E-state index in [-0.39, 0.29) is 23.0 Å². The SMILES string of the molecule is CCC(C)(N)c1noc(-c2cc(F)cc([N+](=O)[O-])c2)n1. The Morgan fingerprint density at radius 3 is 2.80 bits per heavy atom. The first kappa shape index (κ1) is 14.1. The van der Waals surface area contributed by atoms with Gasteiger partial charge in [-0.25, -0.2) is 4.39 Å². The van der Waals surface area contributed by atoms with Crippen LogP contribution in [0.15, 0.2) is 22.7 Å². The molecule has 1 unspecified atom stereocenters. The maximum atomic E-state index is 13.4. The first-order valence-corrected chi connectivity index (χ1v) is 5.92. The van der Waals surface area contributed by atoms with Crippen LogP contribution in [0.1, 0.15) is 26.1 Å². The largest absolute Gasteiger partial charge is 0.334 e. The summed E-state index contributed by atoms with van der Waals surface area (Å²) >= 11 is 0. The lowest BCUT2D eigenvalue weighted by Gasteiger charge is -2.16. The second kappa shape index (κ2) is 4.97. The van der Waals surface area contributed by atoms with Crippen LogP contribution in [0.2, 0.25) is 0 Å². The molecule has 1 atom stereocenters. The van der Waals surface area contributed by atoms with E-state index in [0.29, 0.717) is 6.42 Å². The lowest BCUT2D eigenvalue weighted by Crippen LogP contribution is -2.33. The van der Waals surface area contributed by atoms with Crippen molar-refractivity contribution in [2.75, 3.05) is 0 Å². The van der Waals surface area contributed by atoms with Crippen molar-refractivity contribution in [2.45, 2.75) is 25.8 Å². The van der Waals surface area contributed by atoms with E-state index in [2.05, 4.69) is 10.1 Å². The predicted molar refractivity (Wildman–Crippen MR) is 68.2 cm³/mol. The van der Waals surface area contributed by atoms with E-state index in [1.165, 1.54) is 6.07 Å². The molecule has 0 saturated carbocycles. The maximum Gasteiger partial charge on any atom is 0.273 e. The molecule has 0 amide bonds. The summed E-state index contributed by atoms with van der Waals surface area (Å²) in [6.07, 6.45) is 0.579. The zero-order valence-electron chi connectivity index (χ0n) is 11.0. The normalized spacial score (nSPS) is 14.0. The molecule has 0 aliphatic rings. The second-order valence-corrected chi connectivity index (χ2v) is 4.65. The first-order chi connectivity index (χ1) is 9.33. The first-order valence-electron chi connectivity index (χ1n) is 5.92. The average molecular weight is 280 g/mol. The molecule has 7 nitrogen and oxygen atoms in total. The second-order valence-electron chi connectivity index (χ2n) is 4.65. The minimum absolute atomic E-state index is 0.00674. The molecule has 0 saturated heterocycles. The highest BCUT2D eigenvalue weighted by Crippen LogP contribution is 2.26. The Kier molecular flexibility index (Phi) is 3.49. The van der Waals surface area contributed by atoms with Crippen molar-refractivity contribution in [1.82, 2.24) is 10.1 Å². The van der Waals surface area contributed by atoms with Crippen molar-refractivity contribution in [3.8, 4) is 11.5 Å². The van der Waals surface area contributed by atoms with Crippen LogP contribution in [0.25, 0.3) is 11.5 Å². The molecule has 1 aromatic heterocycles. The van der Waals surface area contributed by atoms with E-state index in [0.717, 1.165) is 12.1 Å². The fourth-order valence-corrected chi connectivity index (χ4v) is 1.53. The number of hydrogen-bond acceptors (Lipinski definition) is 6. The molecule has 1 aromatic carbocycles. The lowest BCUT2D eigenvalue weighted by molar-refractivity contribution is -0.385. The van der Waals surface area contributed by atoms with Crippen molar-refractivity contribution in [3.63, 3.8) is 0 Å². The van der Waals surface area contributed by atoms with Crippen LogP contribution in [0, 0.1) is 15.9 Å². The van der Waals surface area contributed by atoms with E-state index in [1.54, 1.807) is 6.92 Å². The molecular weight excluding hydrogens is 267 g/mol. The van der Waals surface area contributed by atoms with E-state index in [1.807, 2.05) is 6.92 Å². The van der Waals surface area contributed by atoms with Gasteiger partial charge in [0.1, 0.15) is 5.82 Å². The number of benzene rings is 1. The van der Waals surface area contributed by atoms with E-state index in [4.69, 9.17) is 10.3 Å². The van der Waals surface area contributed by atoms with E-state index in [9.17, 15) is 14.5 Å². The highest BCUT2D eigenvalue weighted by Gasteiger charge is 2.26. The molecule has 0 aliphatic heterocycles. The van der Waals surface area contributed by atoms with Crippen LogP contribution in [0.5, 0.6) is 0 Å². The number of aromatic nitrogens is 2. The van der Waals surface area contributed by atoms with Crippen molar-refractivity contribution in [1.29, 1.82) is 0 Å². The molecule has 106 valence electrons. The molecule has 1 heterocycles. The standard InChI is InChI=1S/C12H13FN4O3/c1-3-12(2,14)11-15-10(20-16-11)7-4-8(13)6-9(5-7)17(18)19/h4-6H,3,14H2,1-2H3. The third-order valence-electron chi connectivity index (χ3n) is 3.01. The van der Waals surface area contributed by atoms with Gasteiger partial charge in [0.05, 0.1) is 16.5 Å². The topological polar surface area (TPSA) is 108 Å². The predicted octanol–water partition coefficient (Wildman–Crippen LogP) is 2.37. The van der Waals surface area contributed by atoms with Gasteiger partial charge in [-0.1, -0.05) is 12.1 Å². The molecular formula is C12H13FN4O3. The van der Waals surface area contributed by atoms with Gasteiger partial charge in [-0.2, -0.15) is 4.98 Å². The molecule has 0 aliphatic carbocycles. The van der Waals surface area contributed by atoms with Gasteiger partial charge in [-0.3, -0.25) is 10.1 Å². The summed E-state index contributed by atoms with van der Waals surface area (Å²) in [6.45, 7) is 3.60. The highest BCUT2D eigenvalue weighted by atomic mass is 19.1. The molecule has 0 spiro atoms. The summed E-state index contributed by atoms with van der Waals surface area (Å²) in [4.78, 5) is 14.1. The molecule has 0 fully saturated rings. The van der Waals surface area contributed by atoms with Crippen LogP contribution < -0.4 is 5.73 Å². The van der Waals surface area contributed by atoms with Crippen LogP contribution in [0.4, 0.5) is 10.1 Å². The summed E-state index contributed by atoms with van der Waals surface area (Å²) in [5.41, 5.74) is 4.95. The van der Waals surface area contributed by atoms with Crippen molar-refractivity contribution in [3.05, 3.63) is 40.0 Å². The summed E-state index contributed by atoms with van der Waals surface area (Å²) in [5.74, 6) is -0.491. The highest BCUT2D eigenvalue weighted by molar-refractivity contribution is 5.57. The van der Waals surface area contributed by atoms with Gasteiger partial charge in [0.25, 0.3) is 11.6 Å². The summed E-state index contributed by atoms with van der Waals surface area (Å²) in [5, 5.41) is 14.4. The number of nitrogens with zero attached hydrogens (tertiary/aromatic N) is 3. The molecule has 8 heteroatoms. The minimum atomic E-state index is -0.777. The lowest BCUT2D eigenvalue weighted by atomic mass is 10.00. The summed E-state index contributed by atoms with van der Waals surface area (Å²) in [7, 11) is 0. The number of nitrogens with two attached hydrogens (primary N) is 1. The number of non-ortho nitro benzene ring substituents is 1. The summed E-state index contributed by atoms with van der Waals surface area (Å²) < 4.78 is 18.4. The monoisotopic (exact) mass is 280 g/mol.